The lowest BCUT2D eigenvalue weighted by Gasteiger charge is -2.43. The third-order valence-electron chi connectivity index (χ3n) is 17.0. The molecule has 17 heteroatoms. The fourth-order valence-corrected chi connectivity index (χ4v) is 20.3. The van der Waals surface area contributed by atoms with Crippen LogP contribution in [0.3, 0.4) is 0 Å². The van der Waals surface area contributed by atoms with Crippen molar-refractivity contribution in [1.29, 1.82) is 0 Å². The number of hydrogen-bond acceptors (Lipinski definition) is 13. The van der Waals surface area contributed by atoms with Crippen molar-refractivity contribution in [3.8, 4) is 11.1 Å². The molecule has 69 heavy (non-hydrogen) atoms. The van der Waals surface area contributed by atoms with Crippen LogP contribution >= 0.6 is 46.2 Å². The van der Waals surface area contributed by atoms with E-state index < -0.39 is 23.7 Å². The van der Waals surface area contributed by atoms with Crippen molar-refractivity contribution in [3.63, 3.8) is 0 Å². The molecule has 4 aliphatic heterocycles. The van der Waals surface area contributed by atoms with Crippen LogP contribution in [0.25, 0.3) is 11.1 Å². The molecule has 2 aromatic heterocycles. The Morgan fingerprint density at radius 1 is 0.551 bits per heavy atom. The van der Waals surface area contributed by atoms with Gasteiger partial charge in [0, 0.05) is 37.8 Å². The van der Waals surface area contributed by atoms with Crippen LogP contribution in [0, 0.1) is 59.2 Å². The number of aromatic amines is 2. The van der Waals surface area contributed by atoms with Gasteiger partial charge in [0.15, 0.2) is 0 Å². The summed E-state index contributed by atoms with van der Waals surface area (Å²) in [6, 6.07) is 30.4. The minimum absolute atomic E-state index is 0.00822. The summed E-state index contributed by atoms with van der Waals surface area (Å²) in [6.45, 7) is 0. The molecule has 0 unspecified atom stereocenters. The molecule has 4 saturated carbocycles. The van der Waals surface area contributed by atoms with Crippen LogP contribution < -0.4 is 25.3 Å². The SMILES string of the molecule is COC(=O)c1ccc(N2C(=O)[C@@H]3[C@H]4C[C@H]([C@@H]5Sc6[nH]c(=O)sc6[C@@H](c6ccc(-c7ccc([C@H]8c9sc(=O)[nH]c9S[C@@H]9[C@@H]%10C[C@@H]([C@@H]%11C(=O)N(c%12ccc(N)cc%12)C(=O)[C@H]%10%11)[C@H]89)cc7)cc6)[C@H]45)[C@@H]3C2=O)cc1. The lowest BCUT2D eigenvalue weighted by Crippen LogP contribution is -2.42. The van der Waals surface area contributed by atoms with Crippen molar-refractivity contribution in [2.75, 3.05) is 22.6 Å². The molecule has 13 nitrogen and oxygen atoms in total. The Labute approximate surface area is 410 Å². The van der Waals surface area contributed by atoms with Gasteiger partial charge in [-0.25, -0.2) is 4.79 Å². The first-order valence-corrected chi connectivity index (χ1v) is 26.7. The number of hydrogen-bond donors (Lipinski definition) is 3. The van der Waals surface area contributed by atoms with Crippen molar-refractivity contribution < 1.29 is 28.7 Å². The molecule has 4 aliphatic carbocycles. The lowest BCUT2D eigenvalue weighted by molar-refractivity contribution is -0.124. The number of H-pyrrole nitrogens is 2. The highest BCUT2D eigenvalue weighted by molar-refractivity contribution is 8.00. The van der Waals surface area contributed by atoms with Crippen LogP contribution in [-0.2, 0) is 23.9 Å². The van der Waals surface area contributed by atoms with Crippen LogP contribution in [0.15, 0.2) is 117 Å². The third kappa shape index (κ3) is 5.81. The Bertz CT molecular complexity index is 3350. The number of thiazole rings is 2. The molecule has 0 spiro atoms. The fraction of sp³-hybridized carbons (Fsp3) is 0.327. The number of benzene rings is 4. The molecular weight excluding hydrogens is 951 g/mol. The normalized spacial score (nSPS) is 33.1. The lowest BCUT2D eigenvalue weighted by atomic mass is 9.68. The van der Waals surface area contributed by atoms with Crippen molar-refractivity contribution in [2.45, 2.75) is 45.2 Å². The van der Waals surface area contributed by atoms with E-state index in [1.54, 1.807) is 72.1 Å². The Morgan fingerprint density at radius 3 is 1.35 bits per heavy atom. The van der Waals surface area contributed by atoms with Crippen LogP contribution in [-0.4, -0.2) is 57.2 Å². The Hall–Kier alpha value is -6.01. The number of nitrogen functional groups attached to an aromatic ring is 1. The molecule has 4 bridgehead atoms. The van der Waals surface area contributed by atoms with Gasteiger partial charge in [0.25, 0.3) is 0 Å². The summed E-state index contributed by atoms with van der Waals surface area (Å²) in [6.07, 6.45) is 1.57. The molecule has 6 aromatic rings. The number of nitrogens with one attached hydrogen (secondary N) is 2. The Balaban J connectivity index is 0.752. The summed E-state index contributed by atoms with van der Waals surface area (Å²) in [5.41, 5.74) is 12.0. The first-order chi connectivity index (χ1) is 33.5. The molecular formula is C52H41N5O8S4. The minimum Gasteiger partial charge on any atom is -0.465 e. The molecule has 4 amide bonds. The van der Waals surface area contributed by atoms with E-state index in [0.29, 0.717) is 22.6 Å². The van der Waals surface area contributed by atoms with Gasteiger partial charge in [-0.05, 0) is 119 Å². The highest BCUT2D eigenvalue weighted by Gasteiger charge is 2.71. The van der Waals surface area contributed by atoms with Gasteiger partial charge in [-0.1, -0.05) is 71.2 Å². The number of aromatic nitrogens is 2. The quantitative estimate of drug-likeness (QED) is 0.0847. The van der Waals surface area contributed by atoms with Gasteiger partial charge < -0.3 is 20.4 Å². The number of thioether (sulfide) groups is 2. The molecule has 6 fully saturated rings. The van der Waals surface area contributed by atoms with Gasteiger partial charge in [0.1, 0.15) is 0 Å². The average Bonchev–Trinajstić information content (AvgIpc) is 4.25. The molecule has 14 rings (SSSR count). The number of fused-ring (bicyclic) bond motifs is 18. The fourth-order valence-electron chi connectivity index (χ4n) is 14.5. The van der Waals surface area contributed by atoms with Gasteiger partial charge >= 0.3 is 15.7 Å². The van der Waals surface area contributed by atoms with Crippen molar-refractivity contribution >= 4 is 92.9 Å². The third-order valence-corrected chi connectivity index (χ3v) is 22.2. The van der Waals surface area contributed by atoms with Crippen molar-refractivity contribution in [2.24, 2.45) is 59.2 Å². The van der Waals surface area contributed by atoms with Gasteiger partial charge in [0.05, 0.1) is 57.8 Å². The smallest absolute Gasteiger partial charge is 0.337 e. The summed E-state index contributed by atoms with van der Waals surface area (Å²) in [7, 11) is 1.31. The summed E-state index contributed by atoms with van der Waals surface area (Å²) in [4.78, 5) is 106. The first kappa shape index (κ1) is 41.9. The number of anilines is 3. The second kappa shape index (κ2) is 15.0. The minimum atomic E-state index is -0.494. The molecule has 6 heterocycles. The summed E-state index contributed by atoms with van der Waals surface area (Å²) < 4.78 is 4.84. The number of nitrogens with zero attached hydrogens (tertiary/aromatic N) is 2. The van der Waals surface area contributed by atoms with E-state index in [4.69, 9.17) is 10.5 Å². The zero-order valence-corrected chi connectivity index (χ0v) is 39.9. The van der Waals surface area contributed by atoms with Gasteiger partial charge in [0.2, 0.25) is 23.6 Å². The second-order valence-electron chi connectivity index (χ2n) is 19.8. The number of ether oxygens (including phenoxy) is 1. The zero-order chi connectivity index (χ0) is 46.9. The maximum atomic E-state index is 14.4. The van der Waals surface area contributed by atoms with E-state index in [0.717, 1.165) is 54.9 Å². The van der Waals surface area contributed by atoms with E-state index in [1.165, 1.54) is 39.6 Å². The van der Waals surface area contributed by atoms with Crippen LogP contribution in [0.4, 0.5) is 17.1 Å². The molecule has 14 atom stereocenters. The topological polar surface area (TPSA) is 193 Å². The number of rotatable bonds is 6. The highest BCUT2D eigenvalue weighted by atomic mass is 32.2. The van der Waals surface area contributed by atoms with E-state index in [1.807, 2.05) is 0 Å². The van der Waals surface area contributed by atoms with E-state index in [-0.39, 0.29) is 97.1 Å². The molecule has 8 aliphatic rings. The summed E-state index contributed by atoms with van der Waals surface area (Å²) in [5, 5.41) is 1.83. The van der Waals surface area contributed by atoms with Crippen molar-refractivity contribution in [3.05, 3.63) is 143 Å². The number of nitrogens with two attached hydrogens (primary N) is 1. The summed E-state index contributed by atoms with van der Waals surface area (Å²) in [5.74, 6) is -3.09. The maximum Gasteiger partial charge on any atom is 0.337 e. The van der Waals surface area contributed by atoms with E-state index >= 15 is 0 Å². The Morgan fingerprint density at radius 2 is 0.942 bits per heavy atom. The monoisotopic (exact) mass is 991 g/mol. The number of carbonyl (C=O) groups excluding carboxylic acids is 5. The molecule has 0 radical (unpaired) electrons. The van der Waals surface area contributed by atoms with Crippen LogP contribution in [0.5, 0.6) is 0 Å². The van der Waals surface area contributed by atoms with Crippen LogP contribution in [0.2, 0.25) is 0 Å². The molecule has 4 N–H and O–H groups in total. The number of esters is 1. The maximum absolute atomic E-state index is 14.4. The number of amides is 4. The molecule has 2 saturated heterocycles. The highest BCUT2D eigenvalue weighted by Crippen LogP contribution is 2.70. The Kier molecular flexibility index (Phi) is 9.11. The number of methoxy groups -OCH3 is 1. The summed E-state index contributed by atoms with van der Waals surface area (Å²) >= 11 is 5.81. The predicted molar refractivity (Wildman–Crippen MR) is 262 cm³/mol. The number of imide groups is 2. The van der Waals surface area contributed by atoms with Crippen molar-refractivity contribution in [1.82, 2.24) is 9.97 Å². The van der Waals surface area contributed by atoms with Gasteiger partial charge in [-0.2, -0.15) is 0 Å². The average molecular weight is 992 g/mol. The van der Waals surface area contributed by atoms with E-state index in [2.05, 4.69) is 58.5 Å². The number of carbonyl (C=O) groups is 5. The zero-order valence-electron chi connectivity index (χ0n) is 36.6. The molecule has 4 aromatic carbocycles. The van der Waals surface area contributed by atoms with Gasteiger partial charge in [-0.15, -0.1) is 23.5 Å². The van der Waals surface area contributed by atoms with E-state index in [9.17, 15) is 33.6 Å². The largest absolute Gasteiger partial charge is 0.465 e. The molecule has 346 valence electrons. The standard InChI is InChI=1S/C52H41N5O8S4/c1-65-50(62)24-10-14-26(15-11-24)56-46(58)36-28-18-30(38(36)48(56)60)40-34(28)32(42-44(66-40)54-51(63)68-42)22-6-2-20(3-7-22)21-4-8-23(9-5-21)33-35-29-19-31(41(35)67-45-43(33)69-52(64)55-45)39-37(29)47(59)57(49(39)61)27-16-12-25(53)13-17-27/h2-17,28-41H,18-19,53H2,1H3,(H,54,63)(H,55,64)/t28-,29+,30-,31+,32-,33+,34-,35+,36+,37-,38-,39+,40-,41+/m0/s1. The van der Waals surface area contributed by atoms with Gasteiger partial charge in [-0.3, -0.25) is 38.6 Å². The first-order valence-electron chi connectivity index (χ1n) is 23.3. The predicted octanol–water partition coefficient (Wildman–Crippen LogP) is 7.58. The van der Waals surface area contributed by atoms with Crippen LogP contribution in [0.1, 0.15) is 55.9 Å². The second-order valence-corrected chi connectivity index (χ2v) is 24.2.